The van der Waals surface area contributed by atoms with Gasteiger partial charge in [-0.3, -0.25) is 4.79 Å². The minimum atomic E-state index is -0.194. The number of aryl methyl sites for hydroxylation is 2. The van der Waals surface area contributed by atoms with Gasteiger partial charge in [0.1, 0.15) is 5.75 Å². The van der Waals surface area contributed by atoms with Crippen molar-refractivity contribution in [3.63, 3.8) is 0 Å². The molecule has 9 heteroatoms. The molecule has 3 N–H and O–H groups in total. The molecule has 0 atom stereocenters. The minimum Gasteiger partial charge on any atom is -0.495 e. The highest BCUT2D eigenvalue weighted by Crippen LogP contribution is 2.25. The van der Waals surface area contributed by atoms with Crippen LogP contribution < -0.4 is 20.7 Å². The third kappa shape index (κ3) is 6.94. The Labute approximate surface area is 208 Å². The number of aromatic nitrogens is 3. The molecule has 0 saturated heterocycles. The first-order valence-electron chi connectivity index (χ1n) is 11.0. The van der Waals surface area contributed by atoms with Crippen LogP contribution in [0.25, 0.3) is 0 Å². The summed E-state index contributed by atoms with van der Waals surface area (Å²) < 4.78 is 5.30. The van der Waals surface area contributed by atoms with E-state index < -0.39 is 0 Å². The average Bonchev–Trinajstić information content (AvgIpc) is 2.86. The van der Waals surface area contributed by atoms with E-state index in [1.54, 1.807) is 19.2 Å². The monoisotopic (exact) mass is 486 g/mol. The number of methoxy groups -OCH3 is 1. The predicted molar refractivity (Wildman–Crippen MR) is 141 cm³/mol. The molecular formula is C26H26N6O2S. The van der Waals surface area contributed by atoms with Crippen LogP contribution in [0.2, 0.25) is 0 Å². The molecule has 0 aliphatic carbocycles. The molecule has 1 heterocycles. The highest BCUT2D eigenvalue weighted by molar-refractivity contribution is 7.99. The molecule has 1 amide bonds. The summed E-state index contributed by atoms with van der Waals surface area (Å²) in [5.41, 5.74) is 4.64. The number of nitrogens with zero attached hydrogens (tertiary/aromatic N) is 3. The van der Waals surface area contributed by atoms with Crippen LogP contribution in [0.4, 0.5) is 29.0 Å². The second kappa shape index (κ2) is 11.3. The number of carbonyl (C=O) groups is 1. The maximum atomic E-state index is 12.6. The Morgan fingerprint density at radius 1 is 0.800 bits per heavy atom. The van der Waals surface area contributed by atoms with Gasteiger partial charge in [0.05, 0.1) is 18.6 Å². The standard InChI is InChI=1S/C26H26N6O2S/c1-17-8-12-19(13-9-17)27-24-30-25(28-20-14-10-18(2)11-15-20)32-26(31-24)35-16-23(33)29-21-6-4-5-7-22(21)34-3/h4-15H,16H2,1-3H3,(H,29,33)(H2,27,28,30,31,32). The Hall–Kier alpha value is -4.11. The van der Waals surface area contributed by atoms with Gasteiger partial charge >= 0.3 is 0 Å². The van der Waals surface area contributed by atoms with Gasteiger partial charge in [-0.05, 0) is 50.2 Å². The number of carbonyl (C=O) groups excluding carboxylic acids is 1. The summed E-state index contributed by atoms with van der Waals surface area (Å²) in [6.07, 6.45) is 0. The third-order valence-corrected chi connectivity index (χ3v) is 5.79. The number of hydrogen-bond donors (Lipinski definition) is 3. The predicted octanol–water partition coefficient (Wildman–Crippen LogP) is 5.72. The lowest BCUT2D eigenvalue weighted by atomic mass is 10.2. The molecule has 0 bridgehead atoms. The van der Waals surface area contributed by atoms with Crippen LogP contribution in [0.1, 0.15) is 11.1 Å². The maximum absolute atomic E-state index is 12.6. The molecule has 4 rings (SSSR count). The van der Waals surface area contributed by atoms with E-state index in [1.807, 2.05) is 74.5 Å². The molecule has 4 aromatic rings. The molecule has 8 nitrogen and oxygen atoms in total. The number of benzene rings is 3. The topological polar surface area (TPSA) is 101 Å². The number of anilines is 5. The van der Waals surface area contributed by atoms with Gasteiger partial charge < -0.3 is 20.7 Å². The van der Waals surface area contributed by atoms with Crippen LogP contribution in [-0.2, 0) is 4.79 Å². The number of thioether (sulfide) groups is 1. The van der Waals surface area contributed by atoms with Gasteiger partial charge in [0.15, 0.2) is 5.16 Å². The van der Waals surface area contributed by atoms with Crippen LogP contribution in [-0.4, -0.2) is 33.7 Å². The molecule has 0 aliphatic heterocycles. The lowest BCUT2D eigenvalue weighted by molar-refractivity contribution is -0.113. The fourth-order valence-corrected chi connectivity index (χ4v) is 3.76. The molecular weight excluding hydrogens is 460 g/mol. The van der Waals surface area contributed by atoms with Gasteiger partial charge in [-0.15, -0.1) is 0 Å². The third-order valence-electron chi connectivity index (χ3n) is 4.94. The number of rotatable bonds is 9. The zero-order valence-corrected chi connectivity index (χ0v) is 20.5. The summed E-state index contributed by atoms with van der Waals surface area (Å²) in [6.45, 7) is 4.06. The van der Waals surface area contributed by atoms with E-state index in [-0.39, 0.29) is 11.7 Å². The van der Waals surface area contributed by atoms with Crippen LogP contribution >= 0.6 is 11.8 Å². The molecule has 0 fully saturated rings. The molecule has 178 valence electrons. The van der Waals surface area contributed by atoms with E-state index in [0.29, 0.717) is 28.5 Å². The van der Waals surface area contributed by atoms with Crippen LogP contribution in [0.3, 0.4) is 0 Å². The number of hydrogen-bond acceptors (Lipinski definition) is 8. The van der Waals surface area contributed by atoms with Gasteiger partial charge in [-0.1, -0.05) is 59.3 Å². The van der Waals surface area contributed by atoms with Crippen LogP contribution in [0.15, 0.2) is 78.0 Å². The van der Waals surface area contributed by atoms with Gasteiger partial charge in [-0.25, -0.2) is 0 Å². The van der Waals surface area contributed by atoms with Crippen LogP contribution in [0, 0.1) is 13.8 Å². The first-order chi connectivity index (χ1) is 17.0. The fraction of sp³-hybridized carbons (Fsp3) is 0.154. The number of ether oxygens (including phenoxy) is 1. The van der Waals surface area contributed by atoms with E-state index in [2.05, 4.69) is 30.9 Å². The molecule has 0 aliphatic rings. The molecule has 0 radical (unpaired) electrons. The lowest BCUT2D eigenvalue weighted by Gasteiger charge is -2.11. The van der Waals surface area contributed by atoms with Crippen molar-refractivity contribution in [1.29, 1.82) is 0 Å². The van der Waals surface area contributed by atoms with Gasteiger partial charge in [0.25, 0.3) is 0 Å². The number of amides is 1. The first kappa shape index (κ1) is 24.0. The highest BCUT2D eigenvalue weighted by Gasteiger charge is 2.12. The van der Waals surface area contributed by atoms with E-state index in [9.17, 15) is 4.79 Å². The SMILES string of the molecule is COc1ccccc1NC(=O)CSc1nc(Nc2ccc(C)cc2)nc(Nc2ccc(C)cc2)n1. The second-order valence-corrected chi connectivity index (χ2v) is 8.73. The van der Waals surface area contributed by atoms with E-state index in [1.165, 1.54) is 11.8 Å². The number of nitrogens with one attached hydrogen (secondary N) is 3. The summed E-state index contributed by atoms with van der Waals surface area (Å²) in [4.78, 5) is 26.1. The quantitative estimate of drug-likeness (QED) is 0.259. The summed E-state index contributed by atoms with van der Waals surface area (Å²) >= 11 is 1.22. The van der Waals surface area contributed by atoms with Crippen molar-refractivity contribution in [3.8, 4) is 5.75 Å². The number of para-hydroxylation sites is 2. The van der Waals surface area contributed by atoms with E-state index in [4.69, 9.17) is 4.74 Å². The van der Waals surface area contributed by atoms with Crippen molar-refractivity contribution in [1.82, 2.24) is 15.0 Å². The molecule has 1 aromatic heterocycles. The van der Waals surface area contributed by atoms with Crippen molar-refractivity contribution in [2.24, 2.45) is 0 Å². The Bertz CT molecular complexity index is 1230. The summed E-state index contributed by atoms with van der Waals surface area (Å²) in [5, 5.41) is 9.71. The van der Waals surface area contributed by atoms with Gasteiger partial charge in [0, 0.05) is 11.4 Å². The Balaban J connectivity index is 1.51. The van der Waals surface area contributed by atoms with Gasteiger partial charge in [0.2, 0.25) is 17.8 Å². The normalized spacial score (nSPS) is 10.5. The Morgan fingerprint density at radius 2 is 1.34 bits per heavy atom. The van der Waals surface area contributed by atoms with Crippen LogP contribution in [0.5, 0.6) is 5.75 Å². The highest BCUT2D eigenvalue weighted by atomic mass is 32.2. The van der Waals surface area contributed by atoms with Crippen molar-refractivity contribution in [2.45, 2.75) is 19.0 Å². The zero-order chi connectivity index (χ0) is 24.6. The molecule has 0 saturated carbocycles. The zero-order valence-electron chi connectivity index (χ0n) is 19.7. The molecule has 3 aromatic carbocycles. The lowest BCUT2D eigenvalue weighted by Crippen LogP contribution is -2.15. The summed E-state index contributed by atoms with van der Waals surface area (Å²) in [7, 11) is 1.57. The Morgan fingerprint density at radius 3 is 1.89 bits per heavy atom. The summed E-state index contributed by atoms with van der Waals surface area (Å²) in [5.74, 6) is 1.29. The average molecular weight is 487 g/mol. The Kier molecular flexibility index (Phi) is 7.79. The summed E-state index contributed by atoms with van der Waals surface area (Å²) in [6, 6.07) is 23.1. The van der Waals surface area contributed by atoms with Crippen molar-refractivity contribution in [3.05, 3.63) is 83.9 Å². The minimum absolute atomic E-state index is 0.121. The van der Waals surface area contributed by atoms with Crippen molar-refractivity contribution >= 4 is 46.6 Å². The first-order valence-corrected chi connectivity index (χ1v) is 12.0. The smallest absolute Gasteiger partial charge is 0.234 e. The van der Waals surface area contributed by atoms with Crippen molar-refractivity contribution in [2.75, 3.05) is 28.8 Å². The molecule has 0 unspecified atom stereocenters. The molecule has 0 spiro atoms. The van der Waals surface area contributed by atoms with E-state index >= 15 is 0 Å². The fourth-order valence-electron chi connectivity index (χ4n) is 3.13. The molecule has 35 heavy (non-hydrogen) atoms. The maximum Gasteiger partial charge on any atom is 0.234 e. The van der Waals surface area contributed by atoms with E-state index in [0.717, 1.165) is 22.5 Å². The largest absolute Gasteiger partial charge is 0.495 e. The van der Waals surface area contributed by atoms with Gasteiger partial charge in [-0.2, -0.15) is 15.0 Å². The second-order valence-electron chi connectivity index (χ2n) is 7.78. The van der Waals surface area contributed by atoms with Crippen molar-refractivity contribution < 1.29 is 9.53 Å².